The van der Waals surface area contributed by atoms with Crippen molar-refractivity contribution in [3.05, 3.63) is 72.0 Å². The van der Waals surface area contributed by atoms with E-state index >= 15 is 0 Å². The third kappa shape index (κ3) is 9.93. The summed E-state index contributed by atoms with van der Waals surface area (Å²) in [5, 5.41) is 0. The van der Waals surface area contributed by atoms with Crippen molar-refractivity contribution in [1.29, 1.82) is 0 Å². The molecule has 2 aromatic carbocycles. The van der Waals surface area contributed by atoms with Gasteiger partial charge < -0.3 is 9.47 Å². The van der Waals surface area contributed by atoms with Crippen molar-refractivity contribution in [1.82, 2.24) is 0 Å². The Morgan fingerprint density at radius 3 is 1.61 bits per heavy atom. The van der Waals surface area contributed by atoms with E-state index in [0.29, 0.717) is 12.2 Å². The van der Waals surface area contributed by atoms with Crippen LogP contribution < -0.4 is 4.74 Å². The van der Waals surface area contributed by atoms with E-state index < -0.39 is 5.92 Å². The van der Waals surface area contributed by atoms with Crippen molar-refractivity contribution in [3.8, 4) is 16.9 Å². The number of halogens is 2. The third-order valence-electron chi connectivity index (χ3n) is 7.17. The van der Waals surface area contributed by atoms with E-state index in [0.717, 1.165) is 54.7 Å². The number of unbranched alkanes of at least 4 members (excludes halogenated alkanes) is 10. The van der Waals surface area contributed by atoms with Crippen LogP contribution in [-0.4, -0.2) is 19.1 Å². The molecule has 0 radical (unpaired) electrons. The molecule has 0 unspecified atom stereocenters. The lowest BCUT2D eigenvalue weighted by Crippen LogP contribution is -2.24. The Morgan fingerprint density at radius 2 is 1.05 bits per heavy atom. The Kier molecular flexibility index (Phi) is 12.9. The highest BCUT2D eigenvalue weighted by Gasteiger charge is 2.39. The number of benzene rings is 2. The first-order valence-electron chi connectivity index (χ1n) is 14.8. The summed E-state index contributed by atoms with van der Waals surface area (Å²) in [5.41, 5.74) is 3.58. The highest BCUT2D eigenvalue weighted by molar-refractivity contribution is 5.73. The minimum absolute atomic E-state index is 0.203. The monoisotopic (exact) mass is 524 g/mol. The Balaban J connectivity index is 1.48. The van der Waals surface area contributed by atoms with Crippen molar-refractivity contribution in [2.24, 2.45) is 0 Å². The summed E-state index contributed by atoms with van der Waals surface area (Å²) in [6.45, 7) is 5.52. The summed E-state index contributed by atoms with van der Waals surface area (Å²) >= 11 is 0. The van der Waals surface area contributed by atoms with Gasteiger partial charge in [0.2, 0.25) is 0 Å². The van der Waals surface area contributed by atoms with E-state index in [4.69, 9.17) is 9.47 Å². The van der Waals surface area contributed by atoms with Crippen LogP contribution in [0.2, 0.25) is 0 Å². The van der Waals surface area contributed by atoms with E-state index in [1.54, 1.807) is 6.08 Å². The fraction of sp³-hybridized carbons (Fsp3) is 0.529. The van der Waals surface area contributed by atoms with Gasteiger partial charge in [-0.05, 0) is 53.3 Å². The van der Waals surface area contributed by atoms with Crippen LogP contribution >= 0.6 is 0 Å². The van der Waals surface area contributed by atoms with Crippen molar-refractivity contribution < 1.29 is 18.3 Å². The first kappa shape index (κ1) is 29.9. The second kappa shape index (κ2) is 16.4. The van der Waals surface area contributed by atoms with Gasteiger partial charge in [-0.25, -0.2) is 0 Å². The second-order valence-electron chi connectivity index (χ2n) is 10.4. The molecule has 0 saturated heterocycles. The van der Waals surface area contributed by atoms with Crippen LogP contribution in [0.3, 0.4) is 0 Å². The molecule has 2 aromatic rings. The maximum absolute atomic E-state index is 14.8. The van der Waals surface area contributed by atoms with Gasteiger partial charge in [0.25, 0.3) is 0 Å². The molecule has 0 saturated carbocycles. The summed E-state index contributed by atoms with van der Waals surface area (Å²) < 4.78 is 41.0. The largest absolute Gasteiger partial charge is 0.494 e. The smallest absolute Gasteiger partial charge is 0.308 e. The molecule has 0 aromatic heterocycles. The highest BCUT2D eigenvalue weighted by Crippen LogP contribution is 2.39. The molecule has 0 N–H and O–H groups in total. The molecule has 2 nitrogen and oxygen atoms in total. The van der Waals surface area contributed by atoms with Gasteiger partial charge in [-0.1, -0.05) is 121 Å². The molecule has 3 rings (SSSR count). The zero-order valence-electron chi connectivity index (χ0n) is 23.5. The zero-order valence-corrected chi connectivity index (χ0v) is 23.5. The first-order chi connectivity index (χ1) is 18.5. The predicted molar refractivity (Wildman–Crippen MR) is 156 cm³/mol. The lowest BCUT2D eigenvalue weighted by molar-refractivity contribution is -0.0193. The molecule has 1 aliphatic carbocycles. The summed E-state index contributed by atoms with van der Waals surface area (Å²) in [4.78, 5) is 0. The molecule has 0 bridgehead atoms. The molecule has 0 aliphatic heterocycles. The van der Waals surface area contributed by atoms with Crippen LogP contribution in [0.4, 0.5) is 8.78 Å². The molecule has 0 heterocycles. The van der Waals surface area contributed by atoms with Crippen molar-refractivity contribution in [2.45, 2.75) is 103 Å². The summed E-state index contributed by atoms with van der Waals surface area (Å²) in [6, 6.07) is 16.0. The summed E-state index contributed by atoms with van der Waals surface area (Å²) in [5.74, 6) is -2.30. The molecular formula is C34H46F2O2. The van der Waals surface area contributed by atoms with E-state index in [2.05, 4.69) is 26.0 Å². The minimum atomic E-state index is -2.98. The Morgan fingerprint density at radius 1 is 0.579 bits per heavy atom. The van der Waals surface area contributed by atoms with E-state index in [-0.39, 0.29) is 12.2 Å². The average molecular weight is 525 g/mol. The number of hydrogen-bond acceptors (Lipinski definition) is 2. The maximum Gasteiger partial charge on any atom is 0.308 e. The van der Waals surface area contributed by atoms with Crippen molar-refractivity contribution in [3.63, 3.8) is 0 Å². The Labute approximate surface area is 229 Å². The van der Waals surface area contributed by atoms with Gasteiger partial charge in [-0.2, -0.15) is 8.78 Å². The molecule has 0 fully saturated rings. The summed E-state index contributed by atoms with van der Waals surface area (Å²) in [6.07, 6.45) is 17.0. The number of ether oxygens (including phenoxy) is 2. The van der Waals surface area contributed by atoms with Crippen molar-refractivity contribution in [2.75, 3.05) is 13.2 Å². The first-order valence-corrected chi connectivity index (χ1v) is 14.8. The van der Waals surface area contributed by atoms with Gasteiger partial charge in [0.05, 0.1) is 13.2 Å². The van der Waals surface area contributed by atoms with Gasteiger partial charge in [0.15, 0.2) is 5.76 Å². The normalized spacial score (nSPS) is 14.6. The number of allylic oxidation sites excluding steroid dienone is 4. The van der Waals surface area contributed by atoms with Gasteiger partial charge in [-0.15, -0.1) is 0 Å². The predicted octanol–water partition coefficient (Wildman–Crippen LogP) is 10.8. The van der Waals surface area contributed by atoms with Gasteiger partial charge >= 0.3 is 5.92 Å². The lowest BCUT2D eigenvalue weighted by Gasteiger charge is -2.25. The molecule has 38 heavy (non-hydrogen) atoms. The summed E-state index contributed by atoms with van der Waals surface area (Å²) in [7, 11) is 0. The van der Waals surface area contributed by atoms with Gasteiger partial charge in [0.1, 0.15) is 5.75 Å². The molecule has 0 atom stereocenters. The fourth-order valence-corrected chi connectivity index (χ4v) is 4.79. The third-order valence-corrected chi connectivity index (χ3v) is 7.17. The van der Waals surface area contributed by atoms with Crippen molar-refractivity contribution >= 4 is 5.57 Å². The van der Waals surface area contributed by atoms with Crippen LogP contribution in [0.25, 0.3) is 16.7 Å². The molecule has 208 valence electrons. The number of hydrogen-bond donors (Lipinski definition) is 0. The number of alkyl halides is 2. The van der Waals surface area contributed by atoms with Gasteiger partial charge in [0, 0.05) is 6.42 Å². The Hall–Kier alpha value is -2.62. The van der Waals surface area contributed by atoms with Crippen LogP contribution in [0, 0.1) is 0 Å². The van der Waals surface area contributed by atoms with Crippen LogP contribution in [0.5, 0.6) is 5.75 Å². The molecule has 1 aliphatic rings. The SMILES string of the molecule is CCCCCCCCOC1=CC=C(c2ccc(-c3ccc(OCCCCCCCC)cc3)cc2)CC1(F)F. The van der Waals surface area contributed by atoms with Gasteiger partial charge in [-0.3, -0.25) is 0 Å². The second-order valence-corrected chi connectivity index (χ2v) is 10.4. The average Bonchev–Trinajstić information content (AvgIpc) is 2.93. The number of rotatable bonds is 18. The van der Waals surface area contributed by atoms with E-state index in [1.165, 1.54) is 57.4 Å². The molecule has 0 spiro atoms. The lowest BCUT2D eigenvalue weighted by atomic mass is 9.92. The zero-order chi connectivity index (χ0) is 27.1. The molecular weight excluding hydrogens is 478 g/mol. The Bertz CT molecular complexity index is 990. The standard InChI is InChI=1S/C34H46F2O2/c1-3-5-7-9-11-13-25-37-32-22-19-29(20-23-32)28-15-17-30(18-16-28)31-21-24-33(34(35,36)27-31)38-26-14-12-10-8-6-4-2/h15-24H,3-14,25-27H2,1-2H3. The van der Waals surface area contributed by atoms with E-state index in [9.17, 15) is 8.78 Å². The fourth-order valence-electron chi connectivity index (χ4n) is 4.79. The quantitative estimate of drug-likeness (QED) is 0.181. The molecule has 0 amide bonds. The minimum Gasteiger partial charge on any atom is -0.494 e. The maximum atomic E-state index is 14.8. The van der Waals surface area contributed by atoms with Crippen LogP contribution in [-0.2, 0) is 4.74 Å². The topological polar surface area (TPSA) is 18.5 Å². The van der Waals surface area contributed by atoms with Crippen LogP contribution in [0.15, 0.2) is 66.4 Å². The van der Waals surface area contributed by atoms with E-state index in [1.807, 2.05) is 36.4 Å². The molecule has 4 heteroatoms. The highest BCUT2D eigenvalue weighted by atomic mass is 19.3. The van der Waals surface area contributed by atoms with Crippen LogP contribution in [0.1, 0.15) is 103 Å².